The summed E-state index contributed by atoms with van der Waals surface area (Å²) >= 11 is 0. The van der Waals surface area contributed by atoms with Crippen LogP contribution in [-0.4, -0.2) is 35.4 Å². The fourth-order valence-electron chi connectivity index (χ4n) is 3.63. The lowest BCUT2D eigenvalue weighted by atomic mass is 10.0. The smallest absolute Gasteiger partial charge is 0.251 e. The number of halogens is 1. The number of hydrogen-bond acceptors (Lipinski definition) is 3. The van der Waals surface area contributed by atoms with E-state index in [1.165, 1.54) is 18.6 Å². The third-order valence-electron chi connectivity index (χ3n) is 4.89. The number of likely N-dealkylation sites (tertiary alicyclic amines) is 1. The van der Waals surface area contributed by atoms with Crippen molar-refractivity contribution in [2.75, 3.05) is 19.6 Å². The Morgan fingerprint density at radius 3 is 2.35 bits per heavy atom. The molecule has 1 aromatic carbocycles. The molecule has 2 aromatic rings. The number of nitrogens with one attached hydrogen (secondary N) is 1. The summed E-state index contributed by atoms with van der Waals surface area (Å²) in [6.07, 6.45) is 3.57. The van der Waals surface area contributed by atoms with Crippen LogP contribution in [0.4, 0.5) is 4.39 Å². The predicted molar refractivity (Wildman–Crippen MR) is 101 cm³/mol. The normalized spacial score (nSPS) is 16.3. The third-order valence-corrected chi connectivity index (χ3v) is 4.89. The molecular weight excluding hydrogens is 329 g/mol. The lowest BCUT2D eigenvalue weighted by molar-refractivity contribution is 0.0924. The van der Waals surface area contributed by atoms with E-state index in [2.05, 4.69) is 15.2 Å². The van der Waals surface area contributed by atoms with E-state index in [0.29, 0.717) is 12.1 Å². The second kappa shape index (κ2) is 8.41. The van der Waals surface area contributed by atoms with Crippen LogP contribution in [0, 0.1) is 19.7 Å². The minimum Gasteiger partial charge on any atom is -0.350 e. The van der Waals surface area contributed by atoms with E-state index in [0.717, 1.165) is 42.9 Å². The van der Waals surface area contributed by atoms with Crippen LogP contribution in [0.2, 0.25) is 0 Å². The van der Waals surface area contributed by atoms with Crippen LogP contribution < -0.4 is 5.32 Å². The summed E-state index contributed by atoms with van der Waals surface area (Å²) in [5.41, 5.74) is 3.34. The van der Waals surface area contributed by atoms with E-state index < -0.39 is 0 Å². The van der Waals surface area contributed by atoms with Crippen LogP contribution in [0.5, 0.6) is 0 Å². The second-order valence-corrected chi connectivity index (χ2v) is 7.01. The van der Waals surface area contributed by atoms with Crippen molar-refractivity contribution in [3.05, 3.63) is 64.7 Å². The largest absolute Gasteiger partial charge is 0.350 e. The van der Waals surface area contributed by atoms with E-state index in [1.807, 2.05) is 26.0 Å². The first-order valence-electron chi connectivity index (χ1n) is 9.26. The van der Waals surface area contributed by atoms with Crippen molar-refractivity contribution in [3.8, 4) is 0 Å². The Labute approximate surface area is 154 Å². The lowest BCUT2D eigenvalue weighted by Gasteiger charge is -2.35. The standard InChI is InChI=1S/C21H26FN3O/c1-15-12-18(13-16(2)24-15)21(26)23-14-20(25-10-4-3-5-11-25)17-6-8-19(22)9-7-17/h6-9,12-13,20H,3-5,10-11,14H2,1-2H3,(H,23,26). The van der Waals surface area contributed by atoms with Crippen molar-refractivity contribution in [2.45, 2.75) is 39.2 Å². The Morgan fingerprint density at radius 1 is 1.12 bits per heavy atom. The van der Waals surface area contributed by atoms with Gasteiger partial charge in [0.15, 0.2) is 0 Å². The van der Waals surface area contributed by atoms with Crippen LogP contribution >= 0.6 is 0 Å². The van der Waals surface area contributed by atoms with E-state index in [4.69, 9.17) is 0 Å². The van der Waals surface area contributed by atoms with Gasteiger partial charge >= 0.3 is 0 Å². The van der Waals surface area contributed by atoms with E-state index in [9.17, 15) is 9.18 Å². The quantitative estimate of drug-likeness (QED) is 0.887. The Balaban J connectivity index is 1.74. The molecule has 1 aliphatic heterocycles. The zero-order valence-electron chi connectivity index (χ0n) is 15.5. The highest BCUT2D eigenvalue weighted by molar-refractivity contribution is 5.94. The second-order valence-electron chi connectivity index (χ2n) is 7.01. The number of rotatable bonds is 5. The lowest BCUT2D eigenvalue weighted by Crippen LogP contribution is -2.40. The molecule has 0 spiro atoms. The third kappa shape index (κ3) is 4.67. The van der Waals surface area contributed by atoms with Crippen molar-refractivity contribution in [1.82, 2.24) is 15.2 Å². The van der Waals surface area contributed by atoms with Gasteiger partial charge in [0, 0.05) is 23.5 Å². The van der Waals surface area contributed by atoms with Gasteiger partial charge in [0.25, 0.3) is 5.91 Å². The van der Waals surface area contributed by atoms with Crippen molar-refractivity contribution in [2.24, 2.45) is 0 Å². The summed E-state index contributed by atoms with van der Waals surface area (Å²) < 4.78 is 13.3. The van der Waals surface area contributed by atoms with Gasteiger partial charge in [0.05, 0.1) is 6.04 Å². The van der Waals surface area contributed by atoms with Gasteiger partial charge in [-0.3, -0.25) is 14.7 Å². The number of aromatic nitrogens is 1. The van der Waals surface area contributed by atoms with Crippen LogP contribution in [0.3, 0.4) is 0 Å². The molecule has 0 aliphatic carbocycles. The first kappa shape index (κ1) is 18.5. The van der Waals surface area contributed by atoms with Crippen molar-refractivity contribution in [1.29, 1.82) is 0 Å². The Kier molecular flexibility index (Phi) is 5.99. The molecule has 1 aliphatic rings. The molecule has 26 heavy (non-hydrogen) atoms. The SMILES string of the molecule is Cc1cc(C(=O)NCC(c2ccc(F)cc2)N2CCCCC2)cc(C)n1. The summed E-state index contributed by atoms with van der Waals surface area (Å²) in [6, 6.07) is 10.3. The number of carbonyl (C=O) groups is 1. The number of nitrogens with zero attached hydrogens (tertiary/aromatic N) is 2. The van der Waals surface area contributed by atoms with Crippen molar-refractivity contribution in [3.63, 3.8) is 0 Å². The summed E-state index contributed by atoms with van der Waals surface area (Å²) in [4.78, 5) is 19.3. The van der Waals surface area contributed by atoms with Crippen LogP contribution in [0.15, 0.2) is 36.4 Å². The van der Waals surface area contributed by atoms with Gasteiger partial charge < -0.3 is 5.32 Å². The van der Waals surface area contributed by atoms with Gasteiger partial charge in [-0.15, -0.1) is 0 Å². The number of hydrogen-bond donors (Lipinski definition) is 1. The van der Waals surface area contributed by atoms with Gasteiger partial charge in [0.2, 0.25) is 0 Å². The molecule has 1 N–H and O–H groups in total. The molecule has 3 rings (SSSR count). The zero-order valence-corrected chi connectivity index (χ0v) is 15.5. The van der Waals surface area contributed by atoms with Crippen molar-refractivity contribution < 1.29 is 9.18 Å². The molecule has 1 saturated heterocycles. The molecule has 1 amide bonds. The molecule has 1 fully saturated rings. The van der Waals surface area contributed by atoms with Crippen LogP contribution in [0.1, 0.15) is 52.6 Å². The highest BCUT2D eigenvalue weighted by Crippen LogP contribution is 2.24. The topological polar surface area (TPSA) is 45.2 Å². The highest BCUT2D eigenvalue weighted by Gasteiger charge is 2.23. The zero-order chi connectivity index (χ0) is 18.5. The summed E-state index contributed by atoms with van der Waals surface area (Å²) in [7, 11) is 0. The maximum Gasteiger partial charge on any atom is 0.251 e. The number of carbonyl (C=O) groups excluding carboxylic acids is 1. The maximum absolute atomic E-state index is 13.3. The first-order valence-corrected chi connectivity index (χ1v) is 9.26. The highest BCUT2D eigenvalue weighted by atomic mass is 19.1. The molecule has 1 aromatic heterocycles. The fraction of sp³-hybridized carbons (Fsp3) is 0.429. The molecule has 5 heteroatoms. The average Bonchev–Trinajstić information content (AvgIpc) is 2.63. The summed E-state index contributed by atoms with van der Waals surface area (Å²) in [5.74, 6) is -0.333. The van der Waals surface area contributed by atoms with E-state index in [1.54, 1.807) is 12.1 Å². The van der Waals surface area contributed by atoms with Crippen molar-refractivity contribution >= 4 is 5.91 Å². The van der Waals surface area contributed by atoms with Crippen LogP contribution in [-0.2, 0) is 0 Å². The minimum absolute atomic E-state index is 0.0591. The molecule has 1 atom stereocenters. The molecule has 2 heterocycles. The number of aryl methyl sites for hydroxylation is 2. The molecule has 0 saturated carbocycles. The molecule has 0 bridgehead atoms. The molecule has 0 radical (unpaired) electrons. The molecule has 138 valence electrons. The molecular formula is C21H26FN3O. The molecule has 1 unspecified atom stereocenters. The maximum atomic E-state index is 13.3. The molecule has 4 nitrogen and oxygen atoms in total. The van der Waals surface area contributed by atoms with Gasteiger partial charge in [-0.1, -0.05) is 18.6 Å². The van der Waals surface area contributed by atoms with E-state index in [-0.39, 0.29) is 17.8 Å². The van der Waals surface area contributed by atoms with Gasteiger partial charge in [0.1, 0.15) is 5.82 Å². The van der Waals surface area contributed by atoms with Gasteiger partial charge in [-0.2, -0.15) is 0 Å². The number of amides is 1. The average molecular weight is 355 g/mol. The first-order chi connectivity index (χ1) is 12.5. The summed E-state index contributed by atoms with van der Waals surface area (Å²) in [6.45, 7) is 6.29. The predicted octanol–water partition coefficient (Wildman–Crippen LogP) is 3.79. The number of piperidine rings is 1. The Bertz CT molecular complexity index is 734. The fourth-order valence-corrected chi connectivity index (χ4v) is 3.63. The van der Waals surface area contributed by atoms with E-state index >= 15 is 0 Å². The Hall–Kier alpha value is -2.27. The Morgan fingerprint density at radius 2 is 1.73 bits per heavy atom. The monoisotopic (exact) mass is 355 g/mol. The minimum atomic E-state index is -0.238. The van der Waals surface area contributed by atoms with Gasteiger partial charge in [-0.25, -0.2) is 4.39 Å². The summed E-state index contributed by atoms with van der Waals surface area (Å²) in [5, 5.41) is 3.06. The van der Waals surface area contributed by atoms with Gasteiger partial charge in [-0.05, 0) is 69.6 Å². The number of benzene rings is 1. The number of pyridine rings is 1. The van der Waals surface area contributed by atoms with Crippen LogP contribution in [0.25, 0.3) is 0 Å².